The number of aliphatic hydroxyl groups is 1. The molecule has 2 heterocycles. The molecule has 0 amide bonds. The molecular weight excluding hydrogens is 260 g/mol. The number of aromatic nitrogens is 2. The molecule has 4 rings (SSSR count). The Balaban J connectivity index is 1.91. The van der Waals surface area contributed by atoms with E-state index >= 15 is 0 Å². The Morgan fingerprint density at radius 3 is 2.86 bits per heavy atom. The van der Waals surface area contributed by atoms with E-state index in [4.69, 9.17) is 0 Å². The lowest BCUT2D eigenvalue weighted by Crippen LogP contribution is -2.07. The fraction of sp³-hybridized carbons (Fsp3) is 0.167. The van der Waals surface area contributed by atoms with E-state index in [-0.39, 0.29) is 6.04 Å². The topological polar surface area (TPSA) is 38.1 Å². The van der Waals surface area contributed by atoms with Gasteiger partial charge in [0.05, 0.1) is 30.4 Å². The van der Waals surface area contributed by atoms with Crippen molar-refractivity contribution < 1.29 is 5.11 Å². The van der Waals surface area contributed by atoms with Gasteiger partial charge in [-0.15, -0.1) is 0 Å². The fourth-order valence-corrected chi connectivity index (χ4v) is 3.17. The predicted molar refractivity (Wildman–Crippen MR) is 82.0 cm³/mol. The molecular formula is C18H16N2O. The van der Waals surface area contributed by atoms with Crippen molar-refractivity contribution in [3.8, 4) is 11.3 Å². The first-order valence-corrected chi connectivity index (χ1v) is 7.15. The highest BCUT2D eigenvalue weighted by molar-refractivity contribution is 5.70. The number of rotatable bonds is 2. The van der Waals surface area contributed by atoms with Crippen LogP contribution in [0.2, 0.25) is 0 Å². The van der Waals surface area contributed by atoms with Gasteiger partial charge in [-0.05, 0) is 23.6 Å². The Bertz CT molecular complexity index is 804. The average Bonchev–Trinajstić information content (AvgIpc) is 3.07. The highest BCUT2D eigenvalue weighted by Crippen LogP contribution is 2.42. The van der Waals surface area contributed by atoms with Crippen LogP contribution >= 0.6 is 0 Å². The van der Waals surface area contributed by atoms with E-state index in [1.165, 1.54) is 16.7 Å². The van der Waals surface area contributed by atoms with Crippen molar-refractivity contribution in [3.05, 3.63) is 77.7 Å². The minimum Gasteiger partial charge on any atom is -0.389 e. The van der Waals surface area contributed by atoms with Crippen LogP contribution in [0.25, 0.3) is 11.3 Å². The SMILES string of the molecule is C[C@H](O)c1cccc(C2c3ccccc3-c3cncn32)c1. The van der Waals surface area contributed by atoms with Crippen LogP contribution in [0.3, 0.4) is 0 Å². The molecule has 2 atom stereocenters. The smallest absolute Gasteiger partial charge is 0.0959 e. The largest absolute Gasteiger partial charge is 0.389 e. The van der Waals surface area contributed by atoms with Crippen LogP contribution in [0.15, 0.2) is 61.1 Å². The Hall–Kier alpha value is -2.39. The summed E-state index contributed by atoms with van der Waals surface area (Å²) < 4.78 is 2.20. The summed E-state index contributed by atoms with van der Waals surface area (Å²) in [6, 6.07) is 16.7. The first-order chi connectivity index (χ1) is 10.3. The number of benzene rings is 2. The summed E-state index contributed by atoms with van der Waals surface area (Å²) in [7, 11) is 0. The molecule has 1 aromatic heterocycles. The molecule has 21 heavy (non-hydrogen) atoms. The maximum absolute atomic E-state index is 9.82. The summed E-state index contributed by atoms with van der Waals surface area (Å²) in [4.78, 5) is 4.29. The van der Waals surface area contributed by atoms with Crippen molar-refractivity contribution in [2.75, 3.05) is 0 Å². The van der Waals surface area contributed by atoms with Gasteiger partial charge in [-0.1, -0.05) is 48.5 Å². The molecule has 1 N–H and O–H groups in total. The summed E-state index contributed by atoms with van der Waals surface area (Å²) in [6.45, 7) is 1.80. The van der Waals surface area contributed by atoms with Gasteiger partial charge in [0.1, 0.15) is 0 Å². The summed E-state index contributed by atoms with van der Waals surface area (Å²) in [5.74, 6) is 0. The molecule has 2 aromatic carbocycles. The van der Waals surface area contributed by atoms with Gasteiger partial charge in [0.15, 0.2) is 0 Å². The average molecular weight is 276 g/mol. The van der Waals surface area contributed by atoms with Crippen LogP contribution < -0.4 is 0 Å². The summed E-state index contributed by atoms with van der Waals surface area (Å²) in [5, 5.41) is 9.82. The van der Waals surface area contributed by atoms with Crippen molar-refractivity contribution in [2.24, 2.45) is 0 Å². The molecule has 1 aliphatic rings. The number of hydrogen-bond donors (Lipinski definition) is 1. The Morgan fingerprint density at radius 2 is 2.00 bits per heavy atom. The molecule has 0 saturated heterocycles. The first-order valence-electron chi connectivity index (χ1n) is 7.15. The van der Waals surface area contributed by atoms with Crippen LogP contribution in [0, 0.1) is 0 Å². The molecule has 1 aliphatic heterocycles. The molecule has 3 heteroatoms. The fourth-order valence-electron chi connectivity index (χ4n) is 3.17. The van der Waals surface area contributed by atoms with Crippen LogP contribution in [-0.4, -0.2) is 14.7 Å². The Kier molecular flexibility index (Phi) is 2.69. The minimum atomic E-state index is -0.455. The lowest BCUT2D eigenvalue weighted by Gasteiger charge is -2.17. The number of aliphatic hydroxyl groups excluding tert-OH is 1. The normalized spacial score (nSPS) is 17.3. The predicted octanol–water partition coefficient (Wildman–Crippen LogP) is 3.55. The molecule has 0 bridgehead atoms. The monoisotopic (exact) mass is 276 g/mol. The molecule has 104 valence electrons. The van der Waals surface area contributed by atoms with E-state index in [1.54, 1.807) is 6.92 Å². The van der Waals surface area contributed by atoms with Gasteiger partial charge in [0.25, 0.3) is 0 Å². The summed E-state index contributed by atoms with van der Waals surface area (Å²) in [6.07, 6.45) is 3.34. The zero-order valence-electron chi connectivity index (χ0n) is 11.8. The molecule has 3 nitrogen and oxygen atoms in total. The molecule has 0 aliphatic carbocycles. The lowest BCUT2D eigenvalue weighted by molar-refractivity contribution is 0.199. The maximum atomic E-state index is 9.82. The molecule has 0 saturated carbocycles. The van der Waals surface area contributed by atoms with E-state index < -0.39 is 6.10 Å². The number of hydrogen-bond acceptors (Lipinski definition) is 2. The third kappa shape index (κ3) is 1.82. The molecule has 3 aromatic rings. The summed E-state index contributed by atoms with van der Waals surface area (Å²) >= 11 is 0. The van der Waals surface area contributed by atoms with Crippen LogP contribution in [-0.2, 0) is 0 Å². The molecule has 0 fully saturated rings. The quantitative estimate of drug-likeness (QED) is 0.608. The van der Waals surface area contributed by atoms with Gasteiger partial charge in [0, 0.05) is 5.56 Å². The van der Waals surface area contributed by atoms with Gasteiger partial charge in [-0.25, -0.2) is 4.98 Å². The highest BCUT2D eigenvalue weighted by atomic mass is 16.3. The van der Waals surface area contributed by atoms with Crippen LogP contribution in [0.1, 0.15) is 35.8 Å². The summed E-state index contributed by atoms with van der Waals surface area (Å²) in [5.41, 5.74) is 5.80. The third-order valence-electron chi connectivity index (χ3n) is 4.18. The molecule has 0 radical (unpaired) electrons. The minimum absolute atomic E-state index is 0.136. The van der Waals surface area contributed by atoms with Crippen molar-refractivity contribution in [3.63, 3.8) is 0 Å². The molecule has 1 unspecified atom stereocenters. The van der Waals surface area contributed by atoms with E-state index in [0.717, 1.165) is 11.3 Å². The Labute approximate surface area is 123 Å². The van der Waals surface area contributed by atoms with E-state index in [1.807, 2.05) is 24.7 Å². The zero-order chi connectivity index (χ0) is 14.4. The number of imidazole rings is 1. The highest BCUT2D eigenvalue weighted by Gasteiger charge is 2.29. The zero-order valence-corrected chi connectivity index (χ0v) is 11.8. The second kappa shape index (κ2) is 4.57. The Morgan fingerprint density at radius 1 is 1.14 bits per heavy atom. The van der Waals surface area contributed by atoms with E-state index in [2.05, 4.69) is 45.9 Å². The van der Waals surface area contributed by atoms with Crippen molar-refractivity contribution in [1.29, 1.82) is 0 Å². The number of fused-ring (bicyclic) bond motifs is 3. The van der Waals surface area contributed by atoms with Crippen molar-refractivity contribution in [1.82, 2.24) is 9.55 Å². The van der Waals surface area contributed by atoms with Gasteiger partial charge in [-0.3, -0.25) is 0 Å². The second-order valence-corrected chi connectivity index (χ2v) is 5.52. The van der Waals surface area contributed by atoms with Crippen LogP contribution in [0.5, 0.6) is 0 Å². The van der Waals surface area contributed by atoms with Crippen LogP contribution in [0.4, 0.5) is 0 Å². The second-order valence-electron chi connectivity index (χ2n) is 5.52. The third-order valence-corrected chi connectivity index (χ3v) is 4.18. The molecule has 0 spiro atoms. The number of nitrogens with zero attached hydrogens (tertiary/aromatic N) is 2. The first kappa shape index (κ1) is 12.4. The van der Waals surface area contributed by atoms with E-state index in [0.29, 0.717) is 0 Å². The van der Waals surface area contributed by atoms with Gasteiger partial charge >= 0.3 is 0 Å². The van der Waals surface area contributed by atoms with Crippen molar-refractivity contribution in [2.45, 2.75) is 19.1 Å². The maximum Gasteiger partial charge on any atom is 0.0959 e. The standard InChI is InChI=1S/C18H16N2O/c1-12(21)13-5-4-6-14(9-13)18-16-8-3-2-7-15(16)17-10-19-11-20(17)18/h2-12,18,21H,1H3/t12-,18?/m0/s1. The van der Waals surface area contributed by atoms with Gasteiger partial charge in [0.2, 0.25) is 0 Å². The van der Waals surface area contributed by atoms with Gasteiger partial charge in [-0.2, -0.15) is 0 Å². The van der Waals surface area contributed by atoms with E-state index in [9.17, 15) is 5.11 Å². The van der Waals surface area contributed by atoms with Gasteiger partial charge < -0.3 is 9.67 Å². The van der Waals surface area contributed by atoms with Crippen molar-refractivity contribution >= 4 is 0 Å². The lowest BCUT2D eigenvalue weighted by atomic mass is 9.95.